The van der Waals surface area contributed by atoms with Crippen molar-refractivity contribution in [3.63, 3.8) is 0 Å². The number of carbonyl (C=O) groups excluding carboxylic acids is 1. The maximum atomic E-state index is 11.4. The van der Waals surface area contributed by atoms with Gasteiger partial charge in [-0.15, -0.1) is 0 Å². The molecule has 1 N–H and O–H groups in total. The van der Waals surface area contributed by atoms with E-state index in [2.05, 4.69) is 34.0 Å². The second kappa shape index (κ2) is 6.31. The summed E-state index contributed by atoms with van der Waals surface area (Å²) in [4.78, 5) is 23.5. The van der Waals surface area contributed by atoms with Crippen LogP contribution in [0.15, 0.2) is 24.5 Å². The molecule has 3 aromatic rings. The molecule has 5 heteroatoms. The zero-order chi connectivity index (χ0) is 17.4. The fourth-order valence-electron chi connectivity index (χ4n) is 3.09. The van der Waals surface area contributed by atoms with Crippen LogP contribution in [0.3, 0.4) is 0 Å². The number of rotatable bonds is 6. The van der Waals surface area contributed by atoms with Crippen molar-refractivity contribution in [1.82, 2.24) is 15.0 Å². The first-order chi connectivity index (χ1) is 12.2. The molecule has 0 amide bonds. The summed E-state index contributed by atoms with van der Waals surface area (Å²) in [5, 5.41) is 0. The molecule has 2 heterocycles. The van der Waals surface area contributed by atoms with Gasteiger partial charge in [-0.25, -0.2) is 9.97 Å². The highest BCUT2D eigenvalue weighted by Gasteiger charge is 2.23. The standard InChI is InChI=1S/C20H21N3O2/c1-3-13-6-7-17(25-10-14-4-5-14)15(8-13)18-20-19(22-11-21-18)16(9-24)12(2)23-20/h6-9,11,14,23H,3-5,10H2,1-2H3. The second-order valence-corrected chi connectivity index (χ2v) is 6.67. The van der Waals surface area contributed by atoms with Crippen LogP contribution in [0.1, 0.15) is 41.4 Å². The molecule has 1 aromatic carbocycles. The van der Waals surface area contributed by atoms with Crippen LogP contribution >= 0.6 is 0 Å². The topological polar surface area (TPSA) is 67.9 Å². The molecular formula is C20H21N3O2. The van der Waals surface area contributed by atoms with E-state index in [1.807, 2.05) is 13.0 Å². The van der Waals surface area contributed by atoms with Gasteiger partial charge in [0.1, 0.15) is 23.3 Å². The minimum Gasteiger partial charge on any atom is -0.493 e. The van der Waals surface area contributed by atoms with Crippen molar-refractivity contribution < 1.29 is 9.53 Å². The van der Waals surface area contributed by atoms with Gasteiger partial charge in [0, 0.05) is 11.3 Å². The number of nitrogens with zero attached hydrogens (tertiary/aromatic N) is 2. The Morgan fingerprint density at radius 1 is 1.32 bits per heavy atom. The normalized spacial score (nSPS) is 14.0. The van der Waals surface area contributed by atoms with Gasteiger partial charge in [-0.05, 0) is 49.8 Å². The summed E-state index contributed by atoms with van der Waals surface area (Å²) in [6.45, 7) is 4.75. The quantitative estimate of drug-likeness (QED) is 0.689. The maximum Gasteiger partial charge on any atom is 0.154 e. The number of carbonyl (C=O) groups is 1. The highest BCUT2D eigenvalue weighted by molar-refractivity contribution is 6.01. The van der Waals surface area contributed by atoms with Crippen molar-refractivity contribution in [2.45, 2.75) is 33.1 Å². The third-order valence-electron chi connectivity index (χ3n) is 4.82. The van der Waals surface area contributed by atoms with Crippen molar-refractivity contribution >= 4 is 17.3 Å². The summed E-state index contributed by atoms with van der Waals surface area (Å²) in [6.07, 6.45) is 5.80. The predicted octanol–water partition coefficient (Wildman–Crippen LogP) is 4.10. The first-order valence-corrected chi connectivity index (χ1v) is 8.75. The number of aryl methyl sites for hydroxylation is 2. The van der Waals surface area contributed by atoms with Crippen LogP contribution in [0.2, 0.25) is 0 Å². The Morgan fingerprint density at radius 3 is 2.88 bits per heavy atom. The van der Waals surface area contributed by atoms with Crippen LogP contribution in [-0.2, 0) is 6.42 Å². The van der Waals surface area contributed by atoms with E-state index in [9.17, 15) is 4.79 Å². The lowest BCUT2D eigenvalue weighted by atomic mass is 10.0. The number of nitrogens with one attached hydrogen (secondary N) is 1. The van der Waals surface area contributed by atoms with Crippen LogP contribution in [0.25, 0.3) is 22.3 Å². The second-order valence-electron chi connectivity index (χ2n) is 6.67. The molecule has 5 nitrogen and oxygen atoms in total. The highest BCUT2D eigenvalue weighted by atomic mass is 16.5. The number of hydrogen-bond acceptors (Lipinski definition) is 4. The number of ether oxygens (including phenoxy) is 1. The van der Waals surface area contributed by atoms with Gasteiger partial charge in [0.25, 0.3) is 0 Å². The third-order valence-corrected chi connectivity index (χ3v) is 4.82. The Bertz CT molecular complexity index is 942. The van der Waals surface area contributed by atoms with Crippen LogP contribution in [0.5, 0.6) is 5.75 Å². The first kappa shape index (κ1) is 15.8. The van der Waals surface area contributed by atoms with Gasteiger partial charge >= 0.3 is 0 Å². The number of fused-ring (bicyclic) bond motifs is 1. The Labute approximate surface area is 146 Å². The lowest BCUT2D eigenvalue weighted by Crippen LogP contribution is -2.02. The Morgan fingerprint density at radius 2 is 2.16 bits per heavy atom. The van der Waals surface area contributed by atoms with Gasteiger partial charge < -0.3 is 9.72 Å². The van der Waals surface area contributed by atoms with E-state index < -0.39 is 0 Å². The molecule has 0 radical (unpaired) electrons. The molecule has 4 rings (SSSR count). The first-order valence-electron chi connectivity index (χ1n) is 8.75. The molecule has 1 saturated carbocycles. The molecular weight excluding hydrogens is 314 g/mol. The summed E-state index contributed by atoms with van der Waals surface area (Å²) < 4.78 is 6.08. The van der Waals surface area contributed by atoms with Crippen molar-refractivity contribution in [2.75, 3.05) is 6.61 Å². The highest BCUT2D eigenvalue weighted by Crippen LogP contribution is 2.36. The molecule has 0 atom stereocenters. The van der Waals surface area contributed by atoms with Crippen molar-refractivity contribution in [1.29, 1.82) is 0 Å². The maximum absolute atomic E-state index is 11.4. The van der Waals surface area contributed by atoms with E-state index in [0.717, 1.165) is 47.5 Å². The molecule has 0 saturated heterocycles. The fourth-order valence-corrected chi connectivity index (χ4v) is 3.09. The minimum atomic E-state index is 0.589. The number of aromatic nitrogens is 3. The SMILES string of the molecule is CCc1ccc(OCC2CC2)c(-c2ncnc3c(C=O)c(C)[nH]c23)c1. The molecule has 0 bridgehead atoms. The molecule has 2 aromatic heterocycles. The van der Waals surface area contributed by atoms with E-state index in [0.29, 0.717) is 17.0 Å². The molecule has 1 aliphatic carbocycles. The van der Waals surface area contributed by atoms with Crippen LogP contribution in [0.4, 0.5) is 0 Å². The van der Waals surface area contributed by atoms with E-state index in [1.54, 1.807) is 0 Å². The number of aromatic amines is 1. The molecule has 1 fully saturated rings. The van der Waals surface area contributed by atoms with Crippen LogP contribution < -0.4 is 4.74 Å². The molecule has 128 valence electrons. The van der Waals surface area contributed by atoms with E-state index in [-0.39, 0.29) is 0 Å². The Hall–Kier alpha value is -2.69. The van der Waals surface area contributed by atoms with Crippen LogP contribution in [0, 0.1) is 12.8 Å². The number of aldehydes is 1. The summed E-state index contributed by atoms with van der Waals surface area (Å²) >= 11 is 0. The van der Waals surface area contributed by atoms with E-state index >= 15 is 0 Å². The average molecular weight is 335 g/mol. The van der Waals surface area contributed by atoms with Crippen molar-refractivity contribution in [3.8, 4) is 17.0 Å². The van der Waals surface area contributed by atoms with Gasteiger partial charge in [0.2, 0.25) is 0 Å². The summed E-state index contributed by atoms with van der Waals surface area (Å²) in [7, 11) is 0. The van der Waals surface area contributed by atoms with Crippen LogP contribution in [-0.4, -0.2) is 27.8 Å². The molecule has 25 heavy (non-hydrogen) atoms. The van der Waals surface area contributed by atoms with E-state index in [1.165, 1.54) is 24.7 Å². The number of hydrogen-bond donors (Lipinski definition) is 1. The van der Waals surface area contributed by atoms with Gasteiger partial charge in [-0.2, -0.15) is 0 Å². The largest absolute Gasteiger partial charge is 0.493 e. The Balaban J connectivity index is 1.87. The van der Waals surface area contributed by atoms with E-state index in [4.69, 9.17) is 4.74 Å². The third kappa shape index (κ3) is 2.90. The van der Waals surface area contributed by atoms with Gasteiger partial charge in [0.15, 0.2) is 6.29 Å². The lowest BCUT2D eigenvalue weighted by molar-refractivity contribution is 0.112. The molecule has 0 aliphatic heterocycles. The smallest absolute Gasteiger partial charge is 0.154 e. The summed E-state index contributed by atoms with van der Waals surface area (Å²) in [5.74, 6) is 1.52. The fraction of sp³-hybridized carbons (Fsp3) is 0.350. The van der Waals surface area contributed by atoms with Crippen molar-refractivity contribution in [2.24, 2.45) is 5.92 Å². The number of benzene rings is 1. The molecule has 0 unspecified atom stereocenters. The minimum absolute atomic E-state index is 0.589. The molecule has 1 aliphatic rings. The lowest BCUT2D eigenvalue weighted by Gasteiger charge is -2.13. The van der Waals surface area contributed by atoms with Crippen molar-refractivity contribution in [3.05, 3.63) is 41.3 Å². The van der Waals surface area contributed by atoms with Gasteiger partial charge in [-0.3, -0.25) is 4.79 Å². The van der Waals surface area contributed by atoms with Gasteiger partial charge in [0.05, 0.1) is 17.7 Å². The summed E-state index contributed by atoms with van der Waals surface area (Å²) in [5.41, 5.74) is 5.79. The Kier molecular flexibility index (Phi) is 3.99. The number of H-pyrrole nitrogens is 1. The van der Waals surface area contributed by atoms with Gasteiger partial charge in [-0.1, -0.05) is 13.0 Å². The zero-order valence-electron chi connectivity index (χ0n) is 14.5. The molecule has 0 spiro atoms. The average Bonchev–Trinajstić information content (AvgIpc) is 3.40. The zero-order valence-corrected chi connectivity index (χ0v) is 14.5. The summed E-state index contributed by atoms with van der Waals surface area (Å²) in [6, 6.07) is 6.25. The predicted molar refractivity (Wildman–Crippen MR) is 97.0 cm³/mol. The monoisotopic (exact) mass is 335 g/mol.